The molecule has 0 aliphatic heterocycles. The summed E-state index contributed by atoms with van der Waals surface area (Å²) in [6, 6.07) is 9.91. The van der Waals surface area contributed by atoms with Crippen molar-refractivity contribution in [1.82, 2.24) is 9.88 Å². The third-order valence-electron chi connectivity index (χ3n) is 4.16. The number of benzene rings is 1. The Morgan fingerprint density at radius 2 is 2.13 bits per heavy atom. The monoisotopic (exact) mass is 330 g/mol. The molecule has 1 fully saturated rings. The van der Waals surface area contributed by atoms with Gasteiger partial charge in [0.2, 0.25) is 0 Å². The van der Waals surface area contributed by atoms with E-state index in [1.54, 1.807) is 10.4 Å². The van der Waals surface area contributed by atoms with E-state index in [2.05, 4.69) is 4.98 Å². The number of aromatic nitrogens is 1. The van der Waals surface area contributed by atoms with Crippen molar-refractivity contribution >= 4 is 17.2 Å². The van der Waals surface area contributed by atoms with Crippen molar-refractivity contribution < 1.29 is 9.90 Å². The van der Waals surface area contributed by atoms with Gasteiger partial charge in [0.15, 0.2) is 0 Å². The molecule has 0 spiro atoms. The molecule has 1 amide bonds. The van der Waals surface area contributed by atoms with E-state index in [4.69, 9.17) is 0 Å². The van der Waals surface area contributed by atoms with Crippen molar-refractivity contribution in [2.24, 2.45) is 0 Å². The standard InChI is InChI=1S/C18H22N2O2S/c1-2-15(21)11-20(10-13-6-4-3-5-7-13)18(22)17-16(14-8-9-14)19-12-23-17/h3-7,12,14-15,21H,2,8-11H2,1H3. The molecule has 1 unspecified atom stereocenters. The quantitative estimate of drug-likeness (QED) is 0.846. The van der Waals surface area contributed by atoms with E-state index in [0.717, 1.165) is 29.0 Å². The second kappa shape index (κ2) is 7.23. The van der Waals surface area contributed by atoms with Crippen LogP contribution in [0.1, 0.15) is 53.0 Å². The number of carbonyl (C=O) groups is 1. The number of nitrogens with zero attached hydrogens (tertiary/aromatic N) is 2. The Morgan fingerprint density at radius 3 is 2.78 bits per heavy atom. The molecule has 3 rings (SSSR count). The number of carbonyl (C=O) groups excluding carboxylic acids is 1. The Labute approximate surface area is 140 Å². The zero-order valence-electron chi connectivity index (χ0n) is 13.3. The fraction of sp³-hybridized carbons (Fsp3) is 0.444. The van der Waals surface area contributed by atoms with Crippen molar-refractivity contribution in [2.45, 2.75) is 44.8 Å². The van der Waals surface area contributed by atoms with Gasteiger partial charge in [-0.25, -0.2) is 4.98 Å². The van der Waals surface area contributed by atoms with Crippen molar-refractivity contribution in [2.75, 3.05) is 6.54 Å². The number of thiazole rings is 1. The van der Waals surface area contributed by atoms with Gasteiger partial charge in [0, 0.05) is 19.0 Å². The lowest BCUT2D eigenvalue weighted by Crippen LogP contribution is -2.37. The van der Waals surface area contributed by atoms with Crippen molar-refractivity contribution in [3.8, 4) is 0 Å². The highest BCUT2D eigenvalue weighted by Crippen LogP contribution is 2.42. The second-order valence-corrected chi connectivity index (χ2v) is 6.93. The molecule has 0 bridgehead atoms. The second-order valence-electron chi connectivity index (χ2n) is 6.07. The molecule has 1 aliphatic rings. The maximum atomic E-state index is 13.0. The number of hydrogen-bond donors (Lipinski definition) is 1. The zero-order chi connectivity index (χ0) is 16.2. The summed E-state index contributed by atoms with van der Waals surface area (Å²) in [5.74, 6) is 0.445. The number of aliphatic hydroxyl groups excluding tert-OH is 1. The van der Waals surface area contributed by atoms with Crippen molar-refractivity contribution in [1.29, 1.82) is 0 Å². The third-order valence-corrected chi connectivity index (χ3v) is 4.99. The molecule has 1 aromatic carbocycles. The van der Waals surface area contributed by atoms with Crippen LogP contribution >= 0.6 is 11.3 Å². The largest absolute Gasteiger partial charge is 0.391 e. The average molecular weight is 330 g/mol. The maximum Gasteiger partial charge on any atom is 0.266 e. The smallest absolute Gasteiger partial charge is 0.266 e. The van der Waals surface area contributed by atoms with Crippen LogP contribution in [0, 0.1) is 0 Å². The third kappa shape index (κ3) is 3.98. The van der Waals surface area contributed by atoms with Crippen LogP contribution in [-0.4, -0.2) is 33.5 Å². The van der Waals surface area contributed by atoms with Crippen molar-refractivity contribution in [3.63, 3.8) is 0 Å². The maximum absolute atomic E-state index is 13.0. The summed E-state index contributed by atoms with van der Waals surface area (Å²) in [5, 5.41) is 10.0. The molecule has 122 valence electrons. The van der Waals surface area contributed by atoms with Gasteiger partial charge in [0.25, 0.3) is 5.91 Å². The molecule has 0 saturated heterocycles. The normalized spacial score (nSPS) is 15.4. The number of hydrogen-bond acceptors (Lipinski definition) is 4. The van der Waals surface area contributed by atoms with Gasteiger partial charge in [-0.15, -0.1) is 11.3 Å². The van der Waals surface area contributed by atoms with E-state index in [9.17, 15) is 9.90 Å². The molecule has 4 nitrogen and oxygen atoms in total. The average Bonchev–Trinajstić information content (AvgIpc) is 3.31. The van der Waals surface area contributed by atoms with Gasteiger partial charge in [-0.3, -0.25) is 4.79 Å². The predicted molar refractivity (Wildman–Crippen MR) is 91.6 cm³/mol. The van der Waals surface area contributed by atoms with Gasteiger partial charge in [0.05, 0.1) is 17.3 Å². The molecule has 1 heterocycles. The molecule has 1 saturated carbocycles. The van der Waals surface area contributed by atoms with Gasteiger partial charge < -0.3 is 10.0 Å². The first-order chi connectivity index (χ1) is 11.2. The molecule has 23 heavy (non-hydrogen) atoms. The minimum Gasteiger partial charge on any atom is -0.391 e. The van der Waals surface area contributed by atoms with Gasteiger partial charge in [0.1, 0.15) is 4.88 Å². The summed E-state index contributed by atoms with van der Waals surface area (Å²) in [4.78, 5) is 19.9. The van der Waals surface area contributed by atoms with Crippen LogP contribution in [0.4, 0.5) is 0 Å². The van der Waals surface area contributed by atoms with Crippen LogP contribution < -0.4 is 0 Å². The minimum absolute atomic E-state index is 0.00856. The number of amides is 1. The van der Waals surface area contributed by atoms with E-state index in [-0.39, 0.29) is 5.91 Å². The van der Waals surface area contributed by atoms with E-state index in [1.165, 1.54) is 11.3 Å². The Balaban J connectivity index is 1.81. The van der Waals surface area contributed by atoms with Gasteiger partial charge in [-0.05, 0) is 24.8 Å². The van der Waals surface area contributed by atoms with Gasteiger partial charge >= 0.3 is 0 Å². The molecule has 5 heteroatoms. The van der Waals surface area contributed by atoms with E-state index >= 15 is 0 Å². The lowest BCUT2D eigenvalue weighted by molar-refractivity contribution is 0.0602. The molecule has 2 aromatic rings. The topological polar surface area (TPSA) is 53.4 Å². The lowest BCUT2D eigenvalue weighted by atomic mass is 10.1. The van der Waals surface area contributed by atoms with E-state index in [1.807, 2.05) is 37.3 Å². The summed E-state index contributed by atoms with van der Waals surface area (Å²) in [7, 11) is 0. The highest BCUT2D eigenvalue weighted by atomic mass is 32.1. The lowest BCUT2D eigenvalue weighted by Gasteiger charge is -2.25. The zero-order valence-corrected chi connectivity index (χ0v) is 14.1. The Morgan fingerprint density at radius 1 is 1.39 bits per heavy atom. The molecular formula is C18H22N2O2S. The van der Waals surface area contributed by atoms with Crippen LogP contribution in [-0.2, 0) is 6.54 Å². The predicted octanol–water partition coefficient (Wildman–Crippen LogP) is 3.43. The minimum atomic E-state index is -0.500. The fourth-order valence-electron chi connectivity index (χ4n) is 2.61. The first-order valence-electron chi connectivity index (χ1n) is 8.13. The summed E-state index contributed by atoms with van der Waals surface area (Å²) >= 11 is 1.42. The molecule has 0 radical (unpaired) electrons. The molecular weight excluding hydrogens is 308 g/mol. The summed E-state index contributed by atoms with van der Waals surface area (Å²) in [6.45, 7) is 2.79. The highest BCUT2D eigenvalue weighted by Gasteiger charge is 2.32. The summed E-state index contributed by atoms with van der Waals surface area (Å²) in [6.07, 6.45) is 2.39. The SMILES string of the molecule is CCC(O)CN(Cc1ccccc1)C(=O)c1scnc1C1CC1. The molecule has 1 atom stereocenters. The highest BCUT2D eigenvalue weighted by molar-refractivity contribution is 7.11. The van der Waals surface area contributed by atoms with Crippen LogP contribution in [0.15, 0.2) is 35.8 Å². The first-order valence-corrected chi connectivity index (χ1v) is 9.01. The van der Waals surface area contributed by atoms with Crippen molar-refractivity contribution in [3.05, 3.63) is 52.0 Å². The fourth-order valence-corrected chi connectivity index (χ4v) is 3.45. The van der Waals surface area contributed by atoms with Crippen LogP contribution in [0.3, 0.4) is 0 Å². The summed E-state index contributed by atoms with van der Waals surface area (Å²) < 4.78 is 0. The van der Waals surface area contributed by atoms with Crippen LogP contribution in [0.25, 0.3) is 0 Å². The van der Waals surface area contributed by atoms with Gasteiger partial charge in [-0.2, -0.15) is 0 Å². The Kier molecular flexibility index (Phi) is 5.08. The van der Waals surface area contributed by atoms with Gasteiger partial charge in [-0.1, -0.05) is 37.3 Å². The number of aliphatic hydroxyl groups is 1. The number of rotatable bonds is 7. The summed E-state index contributed by atoms with van der Waals surface area (Å²) in [5.41, 5.74) is 3.78. The molecule has 1 aliphatic carbocycles. The molecule has 1 aromatic heterocycles. The van der Waals surface area contributed by atoms with Crippen LogP contribution in [0.2, 0.25) is 0 Å². The van der Waals surface area contributed by atoms with E-state index in [0.29, 0.717) is 25.4 Å². The van der Waals surface area contributed by atoms with Crippen LogP contribution in [0.5, 0.6) is 0 Å². The molecule has 1 N–H and O–H groups in total. The van der Waals surface area contributed by atoms with E-state index < -0.39 is 6.10 Å². The first kappa shape index (κ1) is 16.1. The Bertz CT molecular complexity index is 652. The Hall–Kier alpha value is -1.72.